The van der Waals surface area contributed by atoms with Gasteiger partial charge in [0.1, 0.15) is 19.0 Å². The summed E-state index contributed by atoms with van der Waals surface area (Å²) >= 11 is 7.37. The number of carbonyl (C=O) groups excluding carboxylic acids is 1. The summed E-state index contributed by atoms with van der Waals surface area (Å²) in [4.78, 5) is 18.1. The second-order valence-corrected chi connectivity index (χ2v) is 7.30. The van der Waals surface area contributed by atoms with Gasteiger partial charge in [0.15, 0.2) is 0 Å². The van der Waals surface area contributed by atoms with Crippen LogP contribution < -0.4 is 4.74 Å². The predicted octanol–water partition coefficient (Wildman–Crippen LogP) is 5.15. The summed E-state index contributed by atoms with van der Waals surface area (Å²) in [6, 6.07) is 12.5. The number of esters is 1. The summed E-state index contributed by atoms with van der Waals surface area (Å²) in [5, 5.41) is 7.06. The number of hydrogen-bond donors (Lipinski definition) is 0. The fraction of sp³-hybridized carbons (Fsp3) is 0.150. The fourth-order valence-corrected chi connectivity index (χ4v) is 3.52. The number of aryl methyl sites for hydroxylation is 1. The van der Waals surface area contributed by atoms with Gasteiger partial charge in [-0.25, -0.2) is 9.78 Å². The minimum absolute atomic E-state index is 0.101. The van der Waals surface area contributed by atoms with Crippen molar-refractivity contribution in [2.24, 2.45) is 0 Å². The molecule has 4 rings (SSSR count). The van der Waals surface area contributed by atoms with E-state index in [0.29, 0.717) is 38.8 Å². The largest absolute Gasteiger partial charge is 0.490 e. The summed E-state index contributed by atoms with van der Waals surface area (Å²) in [6.45, 7) is 2.09. The SMILES string of the molecule is Cc1noc2nc(-c3cccs3)cc(C(=O)OCCOc3ccc(Cl)cc3)c12. The number of carbonyl (C=O) groups is 1. The summed E-state index contributed by atoms with van der Waals surface area (Å²) in [5.74, 6) is 0.179. The monoisotopic (exact) mass is 414 g/mol. The van der Waals surface area contributed by atoms with Crippen molar-refractivity contribution in [2.75, 3.05) is 13.2 Å². The average molecular weight is 415 g/mol. The smallest absolute Gasteiger partial charge is 0.339 e. The van der Waals surface area contributed by atoms with Gasteiger partial charge in [0.25, 0.3) is 5.71 Å². The van der Waals surface area contributed by atoms with Crippen LogP contribution in [-0.2, 0) is 4.74 Å². The zero-order valence-electron chi connectivity index (χ0n) is 14.8. The van der Waals surface area contributed by atoms with Crippen LogP contribution in [-0.4, -0.2) is 29.3 Å². The Morgan fingerprint density at radius 1 is 1.21 bits per heavy atom. The Morgan fingerprint density at radius 2 is 2.04 bits per heavy atom. The van der Waals surface area contributed by atoms with Gasteiger partial charge in [-0.3, -0.25) is 0 Å². The average Bonchev–Trinajstić information content (AvgIpc) is 3.36. The number of aromatic nitrogens is 2. The standard InChI is InChI=1S/C20H15ClN2O4S/c1-12-18-15(11-16(17-3-2-10-28-17)22-19(18)27-23-12)20(24)26-9-8-25-14-6-4-13(21)5-7-14/h2-7,10-11H,8-9H2,1H3. The first-order valence-corrected chi connectivity index (χ1v) is 9.74. The van der Waals surface area contributed by atoms with Gasteiger partial charge >= 0.3 is 5.97 Å². The van der Waals surface area contributed by atoms with Crippen LogP contribution in [0.4, 0.5) is 0 Å². The van der Waals surface area contributed by atoms with E-state index in [1.54, 1.807) is 37.3 Å². The summed E-state index contributed by atoms with van der Waals surface area (Å²) in [6.07, 6.45) is 0. The van der Waals surface area contributed by atoms with Crippen molar-refractivity contribution in [3.8, 4) is 16.3 Å². The number of benzene rings is 1. The quantitative estimate of drug-likeness (QED) is 0.321. The second-order valence-electron chi connectivity index (χ2n) is 5.92. The molecule has 3 heterocycles. The Morgan fingerprint density at radius 3 is 2.79 bits per heavy atom. The number of ether oxygens (including phenoxy) is 2. The van der Waals surface area contributed by atoms with Crippen molar-refractivity contribution in [3.63, 3.8) is 0 Å². The molecule has 8 heteroatoms. The van der Waals surface area contributed by atoms with Crippen molar-refractivity contribution >= 4 is 40.0 Å². The van der Waals surface area contributed by atoms with Crippen molar-refractivity contribution in [1.29, 1.82) is 0 Å². The number of rotatable bonds is 6. The molecule has 0 bridgehead atoms. The lowest BCUT2D eigenvalue weighted by Gasteiger charge is -2.09. The third kappa shape index (κ3) is 3.85. The first kappa shape index (κ1) is 18.5. The normalized spacial score (nSPS) is 10.9. The van der Waals surface area contributed by atoms with E-state index in [9.17, 15) is 4.79 Å². The first-order valence-electron chi connectivity index (χ1n) is 8.48. The van der Waals surface area contributed by atoms with Crippen molar-refractivity contribution in [1.82, 2.24) is 10.1 Å². The molecule has 0 radical (unpaired) electrons. The molecule has 142 valence electrons. The molecule has 1 aromatic carbocycles. The third-order valence-electron chi connectivity index (χ3n) is 4.01. The molecule has 4 aromatic rings. The molecular weight excluding hydrogens is 400 g/mol. The first-order chi connectivity index (χ1) is 13.6. The van der Waals surface area contributed by atoms with Gasteiger partial charge < -0.3 is 14.0 Å². The third-order valence-corrected chi connectivity index (χ3v) is 5.15. The maximum atomic E-state index is 12.7. The van der Waals surface area contributed by atoms with E-state index < -0.39 is 5.97 Å². The number of nitrogens with zero attached hydrogens (tertiary/aromatic N) is 2. The van der Waals surface area contributed by atoms with E-state index in [1.807, 2.05) is 17.5 Å². The molecule has 0 unspecified atom stereocenters. The Labute approximate surface area is 169 Å². The van der Waals surface area contributed by atoms with E-state index in [2.05, 4.69) is 10.1 Å². The van der Waals surface area contributed by atoms with Crippen molar-refractivity contribution in [2.45, 2.75) is 6.92 Å². The molecule has 6 nitrogen and oxygen atoms in total. The Kier molecular flexibility index (Phi) is 5.27. The van der Waals surface area contributed by atoms with Crippen LogP contribution in [0, 0.1) is 6.92 Å². The van der Waals surface area contributed by atoms with Crippen LogP contribution in [0.15, 0.2) is 52.4 Å². The van der Waals surface area contributed by atoms with Gasteiger partial charge in [-0.1, -0.05) is 22.8 Å². The minimum Gasteiger partial charge on any atom is -0.490 e. The Balaban J connectivity index is 1.50. The van der Waals surface area contributed by atoms with Gasteiger partial charge in [-0.05, 0) is 48.7 Å². The molecular formula is C20H15ClN2O4S. The maximum Gasteiger partial charge on any atom is 0.339 e. The van der Waals surface area contributed by atoms with Crippen LogP contribution in [0.5, 0.6) is 5.75 Å². The van der Waals surface area contributed by atoms with E-state index in [4.69, 9.17) is 25.6 Å². The van der Waals surface area contributed by atoms with Crippen LogP contribution in [0.25, 0.3) is 21.7 Å². The van der Waals surface area contributed by atoms with Crippen molar-refractivity contribution in [3.05, 3.63) is 64.1 Å². The molecule has 0 amide bonds. The highest BCUT2D eigenvalue weighted by Crippen LogP contribution is 2.29. The van der Waals surface area contributed by atoms with E-state index in [1.165, 1.54) is 11.3 Å². The van der Waals surface area contributed by atoms with Crippen LogP contribution in [0.2, 0.25) is 5.02 Å². The van der Waals surface area contributed by atoms with Crippen molar-refractivity contribution < 1.29 is 18.8 Å². The summed E-state index contributed by atoms with van der Waals surface area (Å²) in [5.41, 5.74) is 1.92. The van der Waals surface area contributed by atoms with E-state index in [0.717, 1.165) is 4.88 Å². The number of halogens is 1. The highest BCUT2D eigenvalue weighted by molar-refractivity contribution is 7.13. The molecule has 0 atom stereocenters. The van der Waals surface area contributed by atoms with Gasteiger partial charge in [0, 0.05) is 5.02 Å². The topological polar surface area (TPSA) is 74.5 Å². The summed E-state index contributed by atoms with van der Waals surface area (Å²) in [7, 11) is 0. The number of pyridine rings is 1. The molecule has 0 saturated heterocycles. The molecule has 0 saturated carbocycles. The zero-order chi connectivity index (χ0) is 19.5. The lowest BCUT2D eigenvalue weighted by atomic mass is 10.1. The van der Waals surface area contributed by atoms with Gasteiger partial charge in [0.05, 0.1) is 27.2 Å². The lowest BCUT2D eigenvalue weighted by Crippen LogP contribution is -2.13. The number of hydrogen-bond acceptors (Lipinski definition) is 7. The molecule has 0 fully saturated rings. The Bertz CT molecular complexity index is 1110. The molecule has 3 aromatic heterocycles. The molecule has 0 aliphatic carbocycles. The summed E-state index contributed by atoms with van der Waals surface area (Å²) < 4.78 is 16.2. The van der Waals surface area contributed by atoms with E-state index in [-0.39, 0.29) is 13.2 Å². The highest BCUT2D eigenvalue weighted by atomic mass is 35.5. The highest BCUT2D eigenvalue weighted by Gasteiger charge is 2.20. The number of fused-ring (bicyclic) bond motifs is 1. The van der Waals surface area contributed by atoms with E-state index >= 15 is 0 Å². The van der Waals surface area contributed by atoms with Crippen LogP contribution >= 0.6 is 22.9 Å². The molecule has 0 aliphatic rings. The second kappa shape index (κ2) is 8.00. The Hall–Kier alpha value is -2.90. The fourth-order valence-electron chi connectivity index (χ4n) is 2.71. The predicted molar refractivity (Wildman–Crippen MR) is 107 cm³/mol. The maximum absolute atomic E-state index is 12.7. The van der Waals surface area contributed by atoms with Gasteiger partial charge in [0.2, 0.25) is 0 Å². The lowest BCUT2D eigenvalue weighted by molar-refractivity contribution is 0.0452. The molecule has 28 heavy (non-hydrogen) atoms. The van der Waals surface area contributed by atoms with Crippen LogP contribution in [0.1, 0.15) is 16.1 Å². The number of thiophene rings is 1. The molecule has 0 N–H and O–H groups in total. The minimum atomic E-state index is -0.476. The zero-order valence-corrected chi connectivity index (χ0v) is 16.4. The van der Waals surface area contributed by atoms with Gasteiger partial charge in [-0.2, -0.15) is 0 Å². The molecule has 0 aliphatic heterocycles. The van der Waals surface area contributed by atoms with Gasteiger partial charge in [-0.15, -0.1) is 11.3 Å². The van der Waals surface area contributed by atoms with Crippen LogP contribution in [0.3, 0.4) is 0 Å². The molecule has 0 spiro atoms.